The van der Waals surface area contributed by atoms with Crippen LogP contribution >= 0.6 is 0 Å². The van der Waals surface area contributed by atoms with Gasteiger partial charge in [-0.1, -0.05) is 50.6 Å². The standard InChI is InChI=1S/C17H24O/c1-11-8-12(2)16(13(3)9-11)15(18)10-14(4)17(5,6)7/h8-9H,4,10H2,1-3,5-7H3. The van der Waals surface area contributed by atoms with Crippen LogP contribution in [0.1, 0.15) is 54.2 Å². The van der Waals surface area contributed by atoms with Crippen molar-refractivity contribution in [2.45, 2.75) is 48.0 Å². The molecular weight excluding hydrogens is 220 g/mol. The van der Waals surface area contributed by atoms with Gasteiger partial charge in [-0.15, -0.1) is 0 Å². The van der Waals surface area contributed by atoms with Crippen LogP contribution in [0, 0.1) is 26.2 Å². The van der Waals surface area contributed by atoms with Crippen molar-refractivity contribution in [3.8, 4) is 0 Å². The first-order valence-electron chi connectivity index (χ1n) is 6.42. The molecule has 1 nitrogen and oxygen atoms in total. The molecule has 0 unspecified atom stereocenters. The van der Waals surface area contributed by atoms with Crippen molar-refractivity contribution in [1.29, 1.82) is 0 Å². The van der Waals surface area contributed by atoms with E-state index in [1.807, 2.05) is 13.8 Å². The molecule has 18 heavy (non-hydrogen) atoms. The Hall–Kier alpha value is -1.37. The fourth-order valence-electron chi connectivity index (χ4n) is 2.17. The third-order valence-electron chi connectivity index (χ3n) is 3.39. The monoisotopic (exact) mass is 244 g/mol. The van der Waals surface area contributed by atoms with Crippen molar-refractivity contribution >= 4 is 5.78 Å². The summed E-state index contributed by atoms with van der Waals surface area (Å²) >= 11 is 0. The topological polar surface area (TPSA) is 17.1 Å². The molecule has 0 aliphatic heterocycles. The Labute approximate surface area is 111 Å². The predicted molar refractivity (Wildman–Crippen MR) is 78.2 cm³/mol. The molecule has 1 rings (SSSR count). The van der Waals surface area contributed by atoms with Gasteiger partial charge in [-0.05, 0) is 37.3 Å². The second-order valence-electron chi connectivity index (χ2n) is 6.23. The zero-order chi connectivity index (χ0) is 14.1. The fraction of sp³-hybridized carbons (Fsp3) is 0.471. The lowest BCUT2D eigenvalue weighted by molar-refractivity contribution is 0.0986. The number of Topliss-reactive ketones (excluding diaryl/α,β-unsaturated/α-hetero) is 1. The summed E-state index contributed by atoms with van der Waals surface area (Å²) in [4.78, 5) is 12.4. The summed E-state index contributed by atoms with van der Waals surface area (Å²) in [6.45, 7) is 16.4. The van der Waals surface area contributed by atoms with Crippen LogP contribution in [0.3, 0.4) is 0 Å². The highest BCUT2D eigenvalue weighted by atomic mass is 16.1. The number of rotatable bonds is 3. The van der Waals surface area contributed by atoms with E-state index in [4.69, 9.17) is 0 Å². The van der Waals surface area contributed by atoms with E-state index in [-0.39, 0.29) is 11.2 Å². The molecule has 0 amide bonds. The maximum Gasteiger partial charge on any atom is 0.167 e. The summed E-state index contributed by atoms with van der Waals surface area (Å²) in [6.07, 6.45) is 0.439. The molecule has 1 heteroatoms. The minimum absolute atomic E-state index is 0.0117. The number of hydrogen-bond donors (Lipinski definition) is 0. The number of carbonyl (C=O) groups excluding carboxylic acids is 1. The average Bonchev–Trinajstić information content (AvgIpc) is 2.13. The van der Waals surface area contributed by atoms with E-state index < -0.39 is 0 Å². The Morgan fingerprint density at radius 3 is 1.94 bits per heavy atom. The summed E-state index contributed by atoms with van der Waals surface area (Å²) in [7, 11) is 0. The average molecular weight is 244 g/mol. The van der Waals surface area contributed by atoms with E-state index in [2.05, 4.69) is 46.4 Å². The van der Waals surface area contributed by atoms with Gasteiger partial charge in [0.25, 0.3) is 0 Å². The van der Waals surface area contributed by atoms with Gasteiger partial charge in [0.1, 0.15) is 0 Å². The van der Waals surface area contributed by atoms with Crippen molar-refractivity contribution in [3.63, 3.8) is 0 Å². The van der Waals surface area contributed by atoms with Crippen LogP contribution in [0.5, 0.6) is 0 Å². The number of carbonyl (C=O) groups is 1. The van der Waals surface area contributed by atoms with Crippen LogP contribution in [0.25, 0.3) is 0 Å². The van der Waals surface area contributed by atoms with Crippen LogP contribution in [0.2, 0.25) is 0 Å². The smallest absolute Gasteiger partial charge is 0.167 e. The quantitative estimate of drug-likeness (QED) is 0.552. The lowest BCUT2D eigenvalue weighted by atomic mass is 9.83. The normalized spacial score (nSPS) is 11.4. The number of allylic oxidation sites excluding steroid dienone is 1. The highest BCUT2D eigenvalue weighted by molar-refractivity contribution is 6.00. The van der Waals surface area contributed by atoms with Crippen molar-refractivity contribution < 1.29 is 4.79 Å². The van der Waals surface area contributed by atoms with Gasteiger partial charge in [-0.2, -0.15) is 0 Å². The van der Waals surface area contributed by atoms with Crippen molar-refractivity contribution in [2.75, 3.05) is 0 Å². The highest BCUT2D eigenvalue weighted by Crippen LogP contribution is 2.28. The number of ketones is 1. The third kappa shape index (κ3) is 3.32. The summed E-state index contributed by atoms with van der Waals surface area (Å²) in [6, 6.07) is 4.14. The van der Waals surface area contributed by atoms with E-state index in [0.29, 0.717) is 6.42 Å². The lowest BCUT2D eigenvalue weighted by Crippen LogP contribution is -2.14. The highest BCUT2D eigenvalue weighted by Gasteiger charge is 2.20. The van der Waals surface area contributed by atoms with Crippen LogP contribution in [-0.4, -0.2) is 5.78 Å². The molecule has 1 aromatic carbocycles. The molecule has 0 atom stereocenters. The Bertz CT molecular complexity index is 464. The molecule has 98 valence electrons. The zero-order valence-corrected chi connectivity index (χ0v) is 12.5. The Morgan fingerprint density at radius 1 is 1.11 bits per heavy atom. The summed E-state index contributed by atoms with van der Waals surface area (Å²) in [5, 5.41) is 0. The Balaban J connectivity index is 3.03. The molecule has 0 spiro atoms. The molecular formula is C17H24O. The zero-order valence-electron chi connectivity index (χ0n) is 12.5. The first kappa shape index (κ1) is 14.7. The SMILES string of the molecule is C=C(CC(=O)c1c(C)cc(C)cc1C)C(C)(C)C. The maximum absolute atomic E-state index is 12.4. The van der Waals surface area contributed by atoms with E-state index >= 15 is 0 Å². The number of hydrogen-bond acceptors (Lipinski definition) is 1. The third-order valence-corrected chi connectivity index (χ3v) is 3.39. The van der Waals surface area contributed by atoms with Crippen LogP contribution in [0.15, 0.2) is 24.3 Å². The molecule has 0 N–H and O–H groups in total. The second kappa shape index (κ2) is 5.09. The molecule has 0 aliphatic carbocycles. The van der Waals surface area contributed by atoms with Crippen molar-refractivity contribution in [1.82, 2.24) is 0 Å². The first-order chi connectivity index (χ1) is 8.12. The molecule has 0 saturated heterocycles. The number of aryl methyl sites for hydroxylation is 3. The largest absolute Gasteiger partial charge is 0.294 e. The van der Waals surface area contributed by atoms with Crippen LogP contribution in [-0.2, 0) is 0 Å². The molecule has 0 heterocycles. The van der Waals surface area contributed by atoms with Gasteiger partial charge in [0, 0.05) is 12.0 Å². The summed E-state index contributed by atoms with van der Waals surface area (Å²) in [5.41, 5.74) is 5.19. The number of benzene rings is 1. The molecule has 0 saturated carbocycles. The van der Waals surface area contributed by atoms with E-state index in [9.17, 15) is 4.79 Å². The molecule has 0 aliphatic rings. The summed E-state index contributed by atoms with van der Waals surface area (Å²) < 4.78 is 0. The molecule has 0 fully saturated rings. The summed E-state index contributed by atoms with van der Waals surface area (Å²) in [5.74, 6) is 0.185. The van der Waals surface area contributed by atoms with Gasteiger partial charge in [0.2, 0.25) is 0 Å². The molecule has 1 aromatic rings. The Kier molecular flexibility index (Phi) is 4.16. The lowest BCUT2D eigenvalue weighted by Gasteiger charge is -2.22. The minimum atomic E-state index is -0.0117. The van der Waals surface area contributed by atoms with E-state index in [1.54, 1.807) is 0 Å². The second-order valence-corrected chi connectivity index (χ2v) is 6.23. The van der Waals surface area contributed by atoms with Crippen LogP contribution < -0.4 is 0 Å². The molecule has 0 aromatic heterocycles. The van der Waals surface area contributed by atoms with Gasteiger partial charge in [-0.3, -0.25) is 4.79 Å². The van der Waals surface area contributed by atoms with Gasteiger partial charge < -0.3 is 0 Å². The van der Waals surface area contributed by atoms with Gasteiger partial charge in [-0.25, -0.2) is 0 Å². The van der Waals surface area contributed by atoms with Crippen molar-refractivity contribution in [3.05, 3.63) is 46.5 Å². The fourth-order valence-corrected chi connectivity index (χ4v) is 2.17. The first-order valence-corrected chi connectivity index (χ1v) is 6.42. The predicted octanol–water partition coefficient (Wildman–Crippen LogP) is 4.79. The van der Waals surface area contributed by atoms with Crippen molar-refractivity contribution in [2.24, 2.45) is 5.41 Å². The van der Waals surface area contributed by atoms with Gasteiger partial charge in [0.15, 0.2) is 5.78 Å². The molecule has 0 bridgehead atoms. The molecule has 0 radical (unpaired) electrons. The van der Waals surface area contributed by atoms with E-state index in [0.717, 1.165) is 22.3 Å². The van der Waals surface area contributed by atoms with Gasteiger partial charge in [0.05, 0.1) is 0 Å². The minimum Gasteiger partial charge on any atom is -0.294 e. The maximum atomic E-state index is 12.4. The van der Waals surface area contributed by atoms with Crippen LogP contribution in [0.4, 0.5) is 0 Å². The Morgan fingerprint density at radius 2 is 1.56 bits per heavy atom. The van der Waals surface area contributed by atoms with Gasteiger partial charge >= 0.3 is 0 Å². The van der Waals surface area contributed by atoms with E-state index in [1.165, 1.54) is 5.56 Å².